The normalized spacial score (nSPS) is 11.3. The molecule has 10 heteroatoms. The van der Waals surface area contributed by atoms with Gasteiger partial charge in [0.2, 0.25) is 4.77 Å². The lowest BCUT2D eigenvalue weighted by Crippen LogP contribution is -2.11. The van der Waals surface area contributed by atoms with Crippen LogP contribution in [0, 0.1) is 4.77 Å². The zero-order valence-electron chi connectivity index (χ0n) is 20.2. The van der Waals surface area contributed by atoms with Crippen molar-refractivity contribution >= 4 is 45.6 Å². The molecule has 184 valence electrons. The molecule has 0 saturated heterocycles. The number of rotatable bonds is 8. The SMILES string of the molecule is COc1cc2nc(=S)n(CCCC(=O)c3cc4cc(-c5cnn(C)c5)ccc4[nH]3)c(N)c2cc1OC. The van der Waals surface area contributed by atoms with Crippen molar-refractivity contribution < 1.29 is 14.3 Å². The first-order valence-corrected chi connectivity index (χ1v) is 11.9. The second-order valence-electron chi connectivity index (χ2n) is 8.57. The molecule has 0 radical (unpaired) electrons. The van der Waals surface area contributed by atoms with Gasteiger partial charge in [0.15, 0.2) is 17.3 Å². The largest absolute Gasteiger partial charge is 0.493 e. The number of benzene rings is 2. The third-order valence-electron chi connectivity index (χ3n) is 6.26. The lowest BCUT2D eigenvalue weighted by molar-refractivity contribution is 0.0974. The Hall–Kier alpha value is -4.18. The first-order chi connectivity index (χ1) is 17.4. The number of carbonyl (C=O) groups excluding carboxylic acids is 1. The molecule has 3 aromatic heterocycles. The summed E-state index contributed by atoms with van der Waals surface area (Å²) < 4.78 is 14.6. The number of aromatic amines is 1. The van der Waals surface area contributed by atoms with E-state index in [-0.39, 0.29) is 5.78 Å². The molecule has 36 heavy (non-hydrogen) atoms. The van der Waals surface area contributed by atoms with Crippen molar-refractivity contribution in [1.82, 2.24) is 24.3 Å². The summed E-state index contributed by atoms with van der Waals surface area (Å²) >= 11 is 5.48. The topological polar surface area (TPSA) is 113 Å². The highest BCUT2D eigenvalue weighted by Gasteiger charge is 2.14. The first kappa shape index (κ1) is 23.6. The number of Topliss-reactive ketones (excluding diaryl/α,β-unsaturated/α-hetero) is 1. The molecule has 0 bridgehead atoms. The molecular weight excluding hydrogens is 476 g/mol. The van der Waals surface area contributed by atoms with Crippen molar-refractivity contribution in [2.24, 2.45) is 7.05 Å². The molecule has 9 nitrogen and oxygen atoms in total. The molecule has 0 fully saturated rings. The number of nitrogens with two attached hydrogens (primary N) is 1. The summed E-state index contributed by atoms with van der Waals surface area (Å²) in [5, 5.41) is 5.93. The van der Waals surface area contributed by atoms with Crippen LogP contribution in [0.2, 0.25) is 0 Å². The van der Waals surface area contributed by atoms with E-state index in [1.54, 1.807) is 35.6 Å². The minimum atomic E-state index is 0.0272. The molecule has 0 aliphatic rings. The molecule has 0 amide bonds. The highest BCUT2D eigenvalue weighted by molar-refractivity contribution is 7.71. The Bertz CT molecular complexity index is 1670. The number of anilines is 1. The van der Waals surface area contributed by atoms with Crippen LogP contribution in [0.15, 0.2) is 48.8 Å². The fourth-order valence-corrected chi connectivity index (χ4v) is 4.65. The monoisotopic (exact) mass is 502 g/mol. The standard InChI is InChI=1S/C26H26N6O3S/c1-31-14-17(13-28-31)15-6-7-19-16(9-15)10-21(29-19)22(33)5-4-8-32-25(27)18-11-23(34-2)24(35-3)12-20(18)30-26(32)36/h6-7,9-14,29H,4-5,8,27H2,1-3H3. The van der Waals surface area contributed by atoms with Gasteiger partial charge in [-0.2, -0.15) is 5.10 Å². The number of carbonyl (C=O) groups is 1. The van der Waals surface area contributed by atoms with Crippen LogP contribution in [0.5, 0.6) is 11.5 Å². The minimum Gasteiger partial charge on any atom is -0.493 e. The van der Waals surface area contributed by atoms with Gasteiger partial charge in [0.25, 0.3) is 0 Å². The van der Waals surface area contributed by atoms with Crippen LogP contribution < -0.4 is 15.2 Å². The zero-order valence-corrected chi connectivity index (χ0v) is 21.1. The van der Waals surface area contributed by atoms with Crippen LogP contribution in [-0.4, -0.2) is 44.3 Å². The third kappa shape index (κ3) is 4.31. The summed E-state index contributed by atoms with van der Waals surface area (Å²) in [6.45, 7) is 0.471. The number of nitrogens with one attached hydrogen (secondary N) is 1. The molecular formula is C26H26N6O3S. The average Bonchev–Trinajstić information content (AvgIpc) is 3.51. The van der Waals surface area contributed by atoms with E-state index < -0.39 is 0 Å². The molecule has 0 aliphatic heterocycles. The molecule has 5 aromatic rings. The highest BCUT2D eigenvalue weighted by Crippen LogP contribution is 2.34. The molecule has 0 saturated carbocycles. The fraction of sp³-hybridized carbons (Fsp3) is 0.231. The van der Waals surface area contributed by atoms with Crippen LogP contribution in [-0.2, 0) is 13.6 Å². The Balaban J connectivity index is 1.32. The smallest absolute Gasteiger partial charge is 0.201 e. The first-order valence-electron chi connectivity index (χ1n) is 11.4. The minimum absolute atomic E-state index is 0.0272. The van der Waals surface area contributed by atoms with E-state index in [9.17, 15) is 4.79 Å². The summed E-state index contributed by atoms with van der Waals surface area (Å²) in [4.78, 5) is 20.7. The van der Waals surface area contributed by atoms with Gasteiger partial charge in [0.1, 0.15) is 5.82 Å². The number of hydrogen-bond acceptors (Lipinski definition) is 7. The Morgan fingerprint density at radius 1 is 1.11 bits per heavy atom. The van der Waals surface area contributed by atoms with Gasteiger partial charge in [-0.25, -0.2) is 4.98 Å². The van der Waals surface area contributed by atoms with Gasteiger partial charge in [0.05, 0.1) is 31.6 Å². The van der Waals surface area contributed by atoms with E-state index in [1.165, 1.54) is 0 Å². The van der Waals surface area contributed by atoms with Crippen LogP contribution >= 0.6 is 12.2 Å². The maximum atomic E-state index is 12.9. The molecule has 2 aromatic carbocycles. The van der Waals surface area contributed by atoms with E-state index in [0.29, 0.717) is 58.1 Å². The van der Waals surface area contributed by atoms with E-state index >= 15 is 0 Å². The number of ketones is 1. The summed E-state index contributed by atoms with van der Waals surface area (Å²) in [5.74, 6) is 1.62. The summed E-state index contributed by atoms with van der Waals surface area (Å²) in [6, 6.07) is 11.5. The van der Waals surface area contributed by atoms with Crippen molar-refractivity contribution in [3.63, 3.8) is 0 Å². The van der Waals surface area contributed by atoms with Gasteiger partial charge in [-0.15, -0.1) is 0 Å². The molecule has 0 spiro atoms. The number of aromatic nitrogens is 5. The predicted molar refractivity (Wildman–Crippen MR) is 142 cm³/mol. The quantitative estimate of drug-likeness (QED) is 0.229. The molecule has 0 aliphatic carbocycles. The maximum absolute atomic E-state index is 12.9. The zero-order chi connectivity index (χ0) is 25.4. The van der Waals surface area contributed by atoms with E-state index in [2.05, 4.69) is 21.1 Å². The Labute approximate surface area is 212 Å². The van der Waals surface area contributed by atoms with Crippen molar-refractivity contribution in [3.8, 4) is 22.6 Å². The van der Waals surface area contributed by atoms with Crippen LogP contribution in [0.3, 0.4) is 0 Å². The van der Waals surface area contributed by atoms with Crippen LogP contribution in [0.25, 0.3) is 32.9 Å². The van der Waals surface area contributed by atoms with Gasteiger partial charge in [-0.05, 0) is 48.5 Å². The second-order valence-corrected chi connectivity index (χ2v) is 8.94. The highest BCUT2D eigenvalue weighted by atomic mass is 32.1. The average molecular weight is 503 g/mol. The number of hydrogen-bond donors (Lipinski definition) is 2. The Kier molecular flexibility index (Phi) is 6.19. The summed E-state index contributed by atoms with van der Waals surface area (Å²) in [5.41, 5.74) is 10.7. The lowest BCUT2D eigenvalue weighted by atomic mass is 10.1. The number of methoxy groups -OCH3 is 2. The van der Waals surface area contributed by atoms with Gasteiger partial charge >= 0.3 is 0 Å². The molecule has 3 N–H and O–H groups in total. The van der Waals surface area contributed by atoms with Gasteiger partial charge in [-0.3, -0.25) is 9.48 Å². The number of nitrogen functional groups attached to an aromatic ring is 1. The number of nitrogens with zero attached hydrogens (tertiary/aromatic N) is 4. The second kappa shape index (κ2) is 9.46. The number of H-pyrrole nitrogens is 1. The van der Waals surface area contributed by atoms with Gasteiger partial charge < -0.3 is 24.8 Å². The van der Waals surface area contributed by atoms with Crippen molar-refractivity contribution in [1.29, 1.82) is 0 Å². The van der Waals surface area contributed by atoms with E-state index in [1.807, 2.05) is 37.6 Å². The van der Waals surface area contributed by atoms with Crippen LogP contribution in [0.1, 0.15) is 23.3 Å². The van der Waals surface area contributed by atoms with Gasteiger partial charge in [0, 0.05) is 54.1 Å². The Morgan fingerprint density at radius 3 is 2.61 bits per heavy atom. The van der Waals surface area contributed by atoms with Crippen molar-refractivity contribution in [2.75, 3.05) is 20.0 Å². The molecule has 5 rings (SSSR count). The third-order valence-corrected chi connectivity index (χ3v) is 6.57. The molecule has 3 heterocycles. The Morgan fingerprint density at radius 2 is 1.89 bits per heavy atom. The number of ether oxygens (including phenoxy) is 2. The maximum Gasteiger partial charge on any atom is 0.201 e. The molecule has 0 unspecified atom stereocenters. The number of aryl methyl sites for hydroxylation is 1. The van der Waals surface area contributed by atoms with E-state index in [4.69, 9.17) is 27.4 Å². The van der Waals surface area contributed by atoms with Crippen molar-refractivity contribution in [2.45, 2.75) is 19.4 Å². The number of fused-ring (bicyclic) bond motifs is 2. The predicted octanol–water partition coefficient (Wildman–Crippen LogP) is 4.91. The lowest BCUT2D eigenvalue weighted by Gasteiger charge is -2.15. The fourth-order valence-electron chi connectivity index (χ4n) is 4.36. The molecule has 0 atom stereocenters. The van der Waals surface area contributed by atoms with E-state index in [0.717, 1.165) is 22.0 Å². The summed E-state index contributed by atoms with van der Waals surface area (Å²) in [6.07, 6.45) is 4.69. The summed E-state index contributed by atoms with van der Waals surface area (Å²) in [7, 11) is 5.02. The van der Waals surface area contributed by atoms with Crippen molar-refractivity contribution in [3.05, 3.63) is 59.3 Å². The van der Waals surface area contributed by atoms with Crippen LogP contribution in [0.4, 0.5) is 5.82 Å². The van der Waals surface area contributed by atoms with Gasteiger partial charge in [-0.1, -0.05) is 6.07 Å².